The van der Waals surface area contributed by atoms with Gasteiger partial charge in [-0.25, -0.2) is 4.99 Å². The third kappa shape index (κ3) is 33.1. The highest BCUT2D eigenvalue weighted by molar-refractivity contribution is 7.78. The van der Waals surface area contributed by atoms with Crippen LogP contribution in [0.25, 0.3) is 0 Å². The number of isothiocyanates is 1. The van der Waals surface area contributed by atoms with Gasteiger partial charge in [-0.1, -0.05) is 147 Å². The quantitative estimate of drug-likeness (QED) is 0.0257. The summed E-state index contributed by atoms with van der Waals surface area (Å²) < 4.78 is 5.27. The van der Waals surface area contributed by atoms with Crippen LogP contribution < -0.4 is 0 Å². The average molecular weight is 590 g/mol. The molecule has 0 aromatic heterocycles. The van der Waals surface area contributed by atoms with Crippen molar-refractivity contribution < 1.29 is 9.53 Å². The first-order chi connectivity index (χ1) is 20.2. The monoisotopic (exact) mass is 589 g/mol. The number of unbranched alkanes of at least 4 members (excludes halogenated alkanes) is 19. The normalized spacial score (nSPS) is 12.2. The number of nitrogens with zero attached hydrogens (tertiary/aromatic N) is 1. The second kappa shape index (κ2) is 34.9. The molecule has 0 N–H and O–H groups in total. The molecule has 1 atom stereocenters. The minimum Gasteiger partial charge on any atom is -0.466 e. The van der Waals surface area contributed by atoms with E-state index in [0.29, 0.717) is 19.1 Å². The Hall–Kier alpha value is -1.25. The Kier molecular flexibility index (Phi) is 33.9. The first-order valence-corrected chi connectivity index (χ1v) is 18.2. The molecule has 0 saturated heterocycles. The molecule has 0 radical (unpaired) electrons. The molecular weight excluding hydrogens is 522 g/mol. The summed E-state index contributed by atoms with van der Waals surface area (Å²) in [5.74, 6) is -0.0107. The van der Waals surface area contributed by atoms with Crippen LogP contribution in [0.15, 0.2) is 29.3 Å². The third-order valence-corrected chi connectivity index (χ3v) is 8.01. The van der Waals surface area contributed by atoms with E-state index in [9.17, 15) is 4.79 Å². The predicted octanol–water partition coefficient (Wildman–Crippen LogP) is 12.7. The van der Waals surface area contributed by atoms with Gasteiger partial charge in [0.1, 0.15) is 0 Å². The summed E-state index contributed by atoms with van der Waals surface area (Å²) in [6, 6.07) is 0.386. The zero-order valence-corrected chi connectivity index (χ0v) is 28.2. The lowest BCUT2D eigenvalue weighted by Gasteiger charge is -2.11. The predicted molar refractivity (Wildman–Crippen MR) is 184 cm³/mol. The number of carbonyl (C=O) groups is 1. The summed E-state index contributed by atoms with van der Waals surface area (Å²) >= 11 is 4.91. The van der Waals surface area contributed by atoms with Crippen molar-refractivity contribution >= 4 is 23.3 Å². The van der Waals surface area contributed by atoms with Crippen LogP contribution in [0, 0.1) is 0 Å². The fourth-order valence-electron chi connectivity index (χ4n) is 5.21. The molecule has 238 valence electrons. The van der Waals surface area contributed by atoms with Gasteiger partial charge in [0.15, 0.2) is 0 Å². The van der Waals surface area contributed by atoms with E-state index < -0.39 is 0 Å². The van der Waals surface area contributed by atoms with Gasteiger partial charge in [0.2, 0.25) is 0 Å². The van der Waals surface area contributed by atoms with Crippen molar-refractivity contribution in [1.29, 1.82) is 0 Å². The Morgan fingerprint density at radius 2 is 1.10 bits per heavy atom. The van der Waals surface area contributed by atoms with E-state index >= 15 is 0 Å². The van der Waals surface area contributed by atoms with Crippen LogP contribution in [0.1, 0.15) is 187 Å². The van der Waals surface area contributed by atoms with Crippen molar-refractivity contribution in [2.24, 2.45) is 4.99 Å². The average Bonchev–Trinajstić information content (AvgIpc) is 2.97. The number of rotatable bonds is 32. The van der Waals surface area contributed by atoms with Gasteiger partial charge in [-0.15, -0.1) is 0 Å². The lowest BCUT2D eigenvalue weighted by Crippen LogP contribution is -2.05. The largest absolute Gasteiger partial charge is 0.466 e. The number of aliphatic imine (C=N–C) groups is 1. The highest BCUT2D eigenvalue weighted by atomic mass is 32.1. The molecule has 3 nitrogen and oxygen atoms in total. The molecule has 0 amide bonds. The number of allylic oxidation sites excluding steroid dienone is 4. The van der Waals surface area contributed by atoms with Gasteiger partial charge in [-0.3, -0.25) is 4.79 Å². The van der Waals surface area contributed by atoms with Crippen molar-refractivity contribution in [2.75, 3.05) is 6.61 Å². The van der Waals surface area contributed by atoms with E-state index in [1.807, 2.05) is 0 Å². The van der Waals surface area contributed by atoms with Crippen molar-refractivity contribution in [1.82, 2.24) is 0 Å². The maximum Gasteiger partial charge on any atom is 0.305 e. The SMILES string of the molecule is CCCCC/C=C\C/C=C\CCCCCCCCC(CCCCCCCCCCCC(=O)OCCCCC)N=C=S. The maximum atomic E-state index is 11.7. The van der Waals surface area contributed by atoms with Crippen LogP contribution in [0.4, 0.5) is 0 Å². The number of hydrogen-bond donors (Lipinski definition) is 0. The second-order valence-electron chi connectivity index (χ2n) is 11.9. The molecule has 4 heteroatoms. The van der Waals surface area contributed by atoms with Gasteiger partial charge in [-0.05, 0) is 70.0 Å². The smallest absolute Gasteiger partial charge is 0.305 e. The van der Waals surface area contributed by atoms with Gasteiger partial charge in [0.25, 0.3) is 0 Å². The summed E-state index contributed by atoms with van der Waals surface area (Å²) in [5.41, 5.74) is 0. The van der Waals surface area contributed by atoms with Crippen LogP contribution in [-0.4, -0.2) is 23.8 Å². The zero-order chi connectivity index (χ0) is 29.9. The molecule has 0 aliphatic heterocycles. The fourth-order valence-corrected chi connectivity index (χ4v) is 5.36. The highest BCUT2D eigenvalue weighted by Crippen LogP contribution is 2.17. The molecule has 41 heavy (non-hydrogen) atoms. The van der Waals surface area contributed by atoms with Crippen molar-refractivity contribution in [3.8, 4) is 0 Å². The van der Waals surface area contributed by atoms with Crippen molar-refractivity contribution in [3.05, 3.63) is 24.3 Å². The lowest BCUT2D eigenvalue weighted by atomic mass is 10.00. The summed E-state index contributed by atoms with van der Waals surface area (Å²) in [6.45, 7) is 5.02. The molecule has 0 fully saturated rings. The topological polar surface area (TPSA) is 38.7 Å². The van der Waals surface area contributed by atoms with Gasteiger partial charge in [0.05, 0.1) is 17.8 Å². The van der Waals surface area contributed by atoms with E-state index in [2.05, 4.69) is 48.3 Å². The summed E-state index contributed by atoms with van der Waals surface area (Å²) in [6.07, 6.45) is 42.3. The Morgan fingerprint density at radius 1 is 0.634 bits per heavy atom. The molecule has 0 rings (SSSR count). The molecule has 0 aliphatic carbocycles. The molecule has 0 aromatic rings. The number of ether oxygens (including phenoxy) is 1. The molecule has 0 saturated carbocycles. The van der Waals surface area contributed by atoms with Crippen LogP contribution in [0.5, 0.6) is 0 Å². The highest BCUT2D eigenvalue weighted by Gasteiger charge is 2.06. The Balaban J connectivity index is 3.51. The van der Waals surface area contributed by atoms with Gasteiger partial charge < -0.3 is 4.74 Å². The van der Waals surface area contributed by atoms with Crippen molar-refractivity contribution in [3.63, 3.8) is 0 Å². The summed E-state index contributed by atoms with van der Waals surface area (Å²) in [4.78, 5) is 16.1. The number of hydrogen-bond acceptors (Lipinski definition) is 4. The van der Waals surface area contributed by atoms with Crippen LogP contribution in [-0.2, 0) is 9.53 Å². The summed E-state index contributed by atoms with van der Waals surface area (Å²) in [7, 11) is 0. The lowest BCUT2D eigenvalue weighted by molar-refractivity contribution is -0.143. The number of carbonyl (C=O) groups excluding carboxylic acids is 1. The van der Waals surface area contributed by atoms with E-state index in [4.69, 9.17) is 17.0 Å². The minimum atomic E-state index is -0.0107. The first kappa shape index (κ1) is 39.8. The standard InChI is InChI=1S/C37H67NO2S/c1-3-5-7-8-9-10-11-12-13-14-15-16-18-21-24-27-31-36(38-35-41)32-28-25-22-19-17-20-23-26-29-33-37(39)40-34-30-6-4-2/h9-10,12-13,36H,3-8,11,14-34H2,1-2H3/b10-9-,13-12-. The van der Waals surface area contributed by atoms with Gasteiger partial charge in [0, 0.05) is 6.42 Å². The van der Waals surface area contributed by atoms with Crippen LogP contribution >= 0.6 is 12.2 Å². The molecule has 0 spiro atoms. The van der Waals surface area contributed by atoms with Crippen LogP contribution in [0.2, 0.25) is 0 Å². The van der Waals surface area contributed by atoms with Crippen LogP contribution in [0.3, 0.4) is 0 Å². The first-order valence-electron chi connectivity index (χ1n) is 17.8. The fraction of sp³-hybridized carbons (Fsp3) is 0.838. The van der Waals surface area contributed by atoms with E-state index in [1.165, 1.54) is 128 Å². The number of thiocarbonyl (C=S) groups is 1. The Morgan fingerprint density at radius 3 is 1.63 bits per heavy atom. The number of esters is 1. The second-order valence-corrected chi connectivity index (χ2v) is 12.1. The Labute approximate surface area is 261 Å². The molecule has 1 unspecified atom stereocenters. The zero-order valence-electron chi connectivity index (χ0n) is 27.4. The molecule has 0 heterocycles. The molecular formula is C37H67NO2S. The molecule has 0 aromatic carbocycles. The molecule has 0 bridgehead atoms. The van der Waals surface area contributed by atoms with Crippen molar-refractivity contribution in [2.45, 2.75) is 193 Å². The molecule has 0 aliphatic rings. The van der Waals surface area contributed by atoms with E-state index in [1.54, 1.807) is 0 Å². The third-order valence-electron chi connectivity index (χ3n) is 7.90. The van der Waals surface area contributed by atoms with Gasteiger partial charge >= 0.3 is 5.97 Å². The summed E-state index contributed by atoms with van der Waals surface area (Å²) in [5, 5.41) is 2.65. The van der Waals surface area contributed by atoms with E-state index in [-0.39, 0.29) is 5.97 Å². The maximum absolute atomic E-state index is 11.7. The van der Waals surface area contributed by atoms with E-state index in [0.717, 1.165) is 38.5 Å². The Bertz CT molecular complexity index is 653. The van der Waals surface area contributed by atoms with Gasteiger partial charge in [-0.2, -0.15) is 0 Å². The minimum absolute atomic E-state index is 0.0107.